The molecule has 32 heavy (non-hydrogen) atoms. The number of nitrogens with zero attached hydrogens (tertiary/aromatic N) is 2. The molecular weight excluding hydrogens is 496 g/mol. The summed E-state index contributed by atoms with van der Waals surface area (Å²) in [6, 6.07) is 9.87. The normalized spacial score (nSPS) is 14.2. The zero-order valence-electron chi connectivity index (χ0n) is 17.4. The second-order valence-electron chi connectivity index (χ2n) is 7.35. The molecule has 2 heterocycles. The number of benzene rings is 2. The maximum Gasteiger partial charge on any atom is 0.255 e. The molecule has 0 fully saturated rings. The van der Waals surface area contributed by atoms with E-state index in [0.717, 1.165) is 5.52 Å². The average molecular weight is 518 g/mol. The molecule has 2 amide bonds. The van der Waals surface area contributed by atoms with E-state index in [1.807, 2.05) is 25.1 Å². The van der Waals surface area contributed by atoms with Crippen molar-refractivity contribution in [3.8, 4) is 0 Å². The van der Waals surface area contributed by atoms with Gasteiger partial charge >= 0.3 is 0 Å². The number of aromatic nitrogens is 2. The third-order valence-corrected chi connectivity index (χ3v) is 6.05. The highest BCUT2D eigenvalue weighted by Crippen LogP contribution is 2.23. The minimum absolute atomic E-state index is 0.0796. The minimum Gasteiger partial charge on any atom is -0.379 e. The van der Waals surface area contributed by atoms with Crippen molar-refractivity contribution in [1.82, 2.24) is 20.2 Å². The maximum atomic E-state index is 13.0. The summed E-state index contributed by atoms with van der Waals surface area (Å²) < 4.78 is 6.14. The Morgan fingerprint density at radius 2 is 2.03 bits per heavy atom. The molecule has 1 aliphatic rings. The van der Waals surface area contributed by atoms with Crippen LogP contribution in [-0.4, -0.2) is 53.0 Å². The average Bonchev–Trinajstić information content (AvgIpc) is 3.45. The highest BCUT2D eigenvalue weighted by Gasteiger charge is 2.22. The molecule has 1 aromatic heterocycles. The number of halogens is 2. The minimum atomic E-state index is -0.482. The molecule has 0 radical (unpaired) electrons. The Balaban J connectivity index is 1.53. The largest absolute Gasteiger partial charge is 0.379 e. The van der Waals surface area contributed by atoms with Crippen molar-refractivity contribution < 1.29 is 14.3 Å². The molecule has 9 heteroatoms. The molecule has 0 unspecified atom stereocenters. The van der Waals surface area contributed by atoms with Gasteiger partial charge in [-0.05, 0) is 59.3 Å². The number of imidazole rings is 1. The molecule has 1 atom stereocenters. The van der Waals surface area contributed by atoms with Crippen molar-refractivity contribution in [2.45, 2.75) is 13.0 Å². The van der Waals surface area contributed by atoms with Crippen LogP contribution in [0.3, 0.4) is 0 Å². The van der Waals surface area contributed by atoms with Gasteiger partial charge in [0.05, 0.1) is 23.2 Å². The van der Waals surface area contributed by atoms with Crippen molar-refractivity contribution in [2.75, 3.05) is 26.3 Å². The summed E-state index contributed by atoms with van der Waals surface area (Å²) in [6.07, 6.45) is 3.91. The second-order valence-corrected chi connectivity index (χ2v) is 8.64. The fourth-order valence-corrected chi connectivity index (χ4v) is 4.19. The van der Waals surface area contributed by atoms with Crippen LogP contribution in [0.2, 0.25) is 5.02 Å². The van der Waals surface area contributed by atoms with E-state index >= 15 is 0 Å². The van der Waals surface area contributed by atoms with E-state index in [1.54, 1.807) is 35.2 Å². The molecule has 7 nitrogen and oxygen atoms in total. The summed E-state index contributed by atoms with van der Waals surface area (Å²) in [5.74, 6) is 0.205. The molecule has 2 N–H and O–H groups in total. The number of carbonyl (C=O) groups is 2. The third-order valence-electron chi connectivity index (χ3n) is 5.15. The van der Waals surface area contributed by atoms with Crippen LogP contribution in [0.15, 0.2) is 53.0 Å². The number of H-pyrrole nitrogens is 1. The molecule has 0 spiro atoms. The summed E-state index contributed by atoms with van der Waals surface area (Å²) in [4.78, 5) is 35.2. The first-order chi connectivity index (χ1) is 15.5. The molecule has 1 aliphatic heterocycles. The van der Waals surface area contributed by atoms with Gasteiger partial charge in [-0.2, -0.15) is 0 Å². The Hall–Kier alpha value is -2.68. The number of amides is 2. The number of nitrogens with one attached hydrogen (secondary N) is 2. The quantitative estimate of drug-likeness (QED) is 0.452. The zero-order chi connectivity index (χ0) is 22.7. The Morgan fingerprint density at radius 1 is 1.25 bits per heavy atom. The van der Waals surface area contributed by atoms with Gasteiger partial charge in [-0.3, -0.25) is 9.59 Å². The summed E-state index contributed by atoms with van der Waals surface area (Å²) in [7, 11) is 0. The predicted molar refractivity (Wildman–Crippen MR) is 127 cm³/mol. The molecular formula is C23H22BrClN4O3. The van der Waals surface area contributed by atoms with Gasteiger partial charge in [-0.15, -0.1) is 0 Å². The number of aromatic amines is 1. The Bertz CT molecular complexity index is 1190. The van der Waals surface area contributed by atoms with Crippen molar-refractivity contribution in [3.63, 3.8) is 0 Å². The Labute approximate surface area is 198 Å². The van der Waals surface area contributed by atoms with E-state index in [0.29, 0.717) is 51.7 Å². The number of carbonyl (C=O) groups excluding carboxylic acids is 2. The monoisotopic (exact) mass is 516 g/mol. The SMILES string of the molecule is CCOC[C@H](NC(=O)c1ccc(C(=O)N2CC=CC2)c(Br)c1)c1nc2cc(Cl)ccc2[nH]1. The Morgan fingerprint density at radius 3 is 2.75 bits per heavy atom. The van der Waals surface area contributed by atoms with Crippen molar-refractivity contribution in [1.29, 1.82) is 0 Å². The first-order valence-corrected chi connectivity index (χ1v) is 11.4. The first-order valence-electron chi connectivity index (χ1n) is 10.2. The smallest absolute Gasteiger partial charge is 0.255 e. The standard InChI is InChI=1S/C23H22BrClN4O3/c1-2-32-13-20(21-26-18-8-6-15(25)12-19(18)27-21)28-22(30)14-5-7-16(17(24)11-14)23(31)29-9-3-4-10-29/h3-8,11-12,20H,2,9-10,13H2,1H3,(H,26,27)(H,28,30)/t20-/m0/s1. The van der Waals surface area contributed by atoms with Crippen LogP contribution < -0.4 is 5.32 Å². The van der Waals surface area contributed by atoms with E-state index in [2.05, 4.69) is 31.2 Å². The van der Waals surface area contributed by atoms with Crippen LogP contribution >= 0.6 is 27.5 Å². The van der Waals surface area contributed by atoms with Crippen LogP contribution in [-0.2, 0) is 4.74 Å². The van der Waals surface area contributed by atoms with Gasteiger partial charge in [0.25, 0.3) is 11.8 Å². The lowest BCUT2D eigenvalue weighted by Crippen LogP contribution is -2.32. The fourth-order valence-electron chi connectivity index (χ4n) is 3.47. The molecule has 0 bridgehead atoms. The molecule has 2 aromatic carbocycles. The molecule has 166 valence electrons. The van der Waals surface area contributed by atoms with Crippen LogP contribution in [0.4, 0.5) is 0 Å². The summed E-state index contributed by atoms with van der Waals surface area (Å²) in [5, 5.41) is 3.56. The van der Waals surface area contributed by atoms with Gasteiger partial charge in [-0.1, -0.05) is 23.8 Å². The second kappa shape index (κ2) is 9.85. The van der Waals surface area contributed by atoms with Crippen LogP contribution in [0.5, 0.6) is 0 Å². The highest BCUT2D eigenvalue weighted by atomic mass is 79.9. The molecule has 0 aliphatic carbocycles. The molecule has 0 saturated carbocycles. The number of ether oxygens (including phenoxy) is 1. The lowest BCUT2D eigenvalue weighted by molar-refractivity contribution is 0.0797. The van der Waals surface area contributed by atoms with Crippen LogP contribution in [0.1, 0.15) is 39.5 Å². The van der Waals surface area contributed by atoms with Crippen molar-refractivity contribution >= 4 is 50.4 Å². The molecule has 4 rings (SSSR count). The molecule has 0 saturated heterocycles. The van der Waals surface area contributed by atoms with E-state index in [9.17, 15) is 9.59 Å². The lowest BCUT2D eigenvalue weighted by atomic mass is 10.1. The zero-order valence-corrected chi connectivity index (χ0v) is 19.7. The van der Waals surface area contributed by atoms with E-state index in [1.165, 1.54) is 0 Å². The number of fused-ring (bicyclic) bond motifs is 1. The highest BCUT2D eigenvalue weighted by molar-refractivity contribution is 9.10. The summed E-state index contributed by atoms with van der Waals surface area (Å²) in [5.41, 5.74) is 2.48. The Kier molecular flexibility index (Phi) is 6.93. The van der Waals surface area contributed by atoms with Crippen LogP contribution in [0, 0.1) is 0 Å². The fraction of sp³-hybridized carbons (Fsp3) is 0.261. The summed E-state index contributed by atoms with van der Waals surface area (Å²) in [6.45, 7) is 3.84. The maximum absolute atomic E-state index is 13.0. The lowest BCUT2D eigenvalue weighted by Gasteiger charge is -2.18. The van der Waals surface area contributed by atoms with Gasteiger partial charge in [0.2, 0.25) is 0 Å². The van der Waals surface area contributed by atoms with Gasteiger partial charge < -0.3 is 19.9 Å². The van der Waals surface area contributed by atoms with Crippen LogP contribution in [0.25, 0.3) is 11.0 Å². The number of hydrogen-bond donors (Lipinski definition) is 2. The molecule has 3 aromatic rings. The van der Waals surface area contributed by atoms with E-state index in [-0.39, 0.29) is 18.4 Å². The predicted octanol–water partition coefficient (Wildman–Crippen LogP) is 4.50. The third kappa shape index (κ3) is 4.87. The van der Waals surface area contributed by atoms with Crippen molar-refractivity contribution in [2.24, 2.45) is 0 Å². The topological polar surface area (TPSA) is 87.3 Å². The van der Waals surface area contributed by atoms with Gasteiger partial charge in [-0.25, -0.2) is 4.98 Å². The van der Waals surface area contributed by atoms with Crippen molar-refractivity contribution in [3.05, 3.63) is 75.0 Å². The first kappa shape index (κ1) is 22.5. The van der Waals surface area contributed by atoms with E-state index in [4.69, 9.17) is 16.3 Å². The van der Waals surface area contributed by atoms with Gasteiger partial charge in [0.1, 0.15) is 11.9 Å². The van der Waals surface area contributed by atoms with Gasteiger partial charge in [0, 0.05) is 34.8 Å². The number of rotatable bonds is 7. The van der Waals surface area contributed by atoms with E-state index < -0.39 is 6.04 Å². The summed E-state index contributed by atoms with van der Waals surface area (Å²) >= 11 is 9.51. The number of hydrogen-bond acceptors (Lipinski definition) is 4. The van der Waals surface area contributed by atoms with Gasteiger partial charge in [0.15, 0.2) is 0 Å².